The summed E-state index contributed by atoms with van der Waals surface area (Å²) in [5.41, 5.74) is 0.0809. The van der Waals surface area contributed by atoms with E-state index in [2.05, 4.69) is 35.1 Å². The van der Waals surface area contributed by atoms with Crippen LogP contribution in [0.25, 0.3) is 5.65 Å². The predicted octanol–water partition coefficient (Wildman–Crippen LogP) is 0.944. The molecule has 12 heteroatoms. The standard InChI is InChI=1S/C17H18F3N9/c18-17(19,20)15-24-23-13-2-3-14(25-29(13)15)28-10-12(11-28)26-6-8-27(9-7-26)16-21-4-1-5-22-16/h1-5,12H,6-11H2. The summed E-state index contributed by atoms with van der Waals surface area (Å²) >= 11 is 0. The number of hydrogen-bond acceptors (Lipinski definition) is 8. The van der Waals surface area contributed by atoms with Gasteiger partial charge in [-0.1, -0.05) is 0 Å². The van der Waals surface area contributed by atoms with E-state index in [1.54, 1.807) is 24.5 Å². The molecule has 0 bridgehead atoms. The Morgan fingerprint density at radius 1 is 0.897 bits per heavy atom. The lowest BCUT2D eigenvalue weighted by molar-refractivity contribution is -0.146. The van der Waals surface area contributed by atoms with Gasteiger partial charge in [-0.2, -0.15) is 17.7 Å². The van der Waals surface area contributed by atoms with Crippen LogP contribution in [-0.2, 0) is 6.18 Å². The lowest BCUT2D eigenvalue weighted by Crippen LogP contribution is -2.63. The molecule has 0 N–H and O–H groups in total. The van der Waals surface area contributed by atoms with E-state index in [0.717, 1.165) is 49.7 Å². The van der Waals surface area contributed by atoms with Gasteiger partial charge in [0.15, 0.2) is 5.65 Å². The van der Waals surface area contributed by atoms with Crippen molar-refractivity contribution < 1.29 is 13.2 Å². The van der Waals surface area contributed by atoms with Gasteiger partial charge in [0.25, 0.3) is 5.82 Å². The van der Waals surface area contributed by atoms with E-state index < -0.39 is 12.0 Å². The molecule has 29 heavy (non-hydrogen) atoms. The molecule has 0 unspecified atom stereocenters. The fraction of sp³-hybridized carbons (Fsp3) is 0.471. The number of aromatic nitrogens is 6. The van der Waals surface area contributed by atoms with Gasteiger partial charge in [0.2, 0.25) is 5.95 Å². The van der Waals surface area contributed by atoms with Crippen molar-refractivity contribution in [3.63, 3.8) is 0 Å². The Morgan fingerprint density at radius 3 is 2.31 bits per heavy atom. The average Bonchev–Trinajstić information content (AvgIpc) is 3.12. The van der Waals surface area contributed by atoms with Crippen molar-refractivity contribution in [1.29, 1.82) is 0 Å². The molecule has 5 rings (SSSR count). The number of piperazine rings is 1. The van der Waals surface area contributed by atoms with Crippen LogP contribution >= 0.6 is 0 Å². The molecule has 2 aliphatic rings. The zero-order valence-corrected chi connectivity index (χ0v) is 15.4. The van der Waals surface area contributed by atoms with Crippen LogP contribution in [0.1, 0.15) is 5.82 Å². The van der Waals surface area contributed by atoms with E-state index in [1.165, 1.54) is 6.07 Å². The van der Waals surface area contributed by atoms with Crippen molar-refractivity contribution in [1.82, 2.24) is 34.7 Å². The second-order valence-corrected chi connectivity index (χ2v) is 7.11. The van der Waals surface area contributed by atoms with E-state index in [1.807, 2.05) is 4.90 Å². The van der Waals surface area contributed by atoms with Crippen molar-refractivity contribution >= 4 is 17.4 Å². The maximum Gasteiger partial charge on any atom is 0.453 e. The third kappa shape index (κ3) is 3.33. The second-order valence-electron chi connectivity index (χ2n) is 7.11. The third-order valence-electron chi connectivity index (χ3n) is 5.35. The Hall–Kier alpha value is -3.02. The predicted molar refractivity (Wildman–Crippen MR) is 97.6 cm³/mol. The molecule has 152 valence electrons. The van der Waals surface area contributed by atoms with Crippen molar-refractivity contribution in [2.45, 2.75) is 12.2 Å². The molecule has 0 atom stereocenters. The molecule has 0 aromatic carbocycles. The first-order chi connectivity index (χ1) is 14.0. The van der Waals surface area contributed by atoms with E-state index in [4.69, 9.17) is 0 Å². The number of anilines is 2. The number of rotatable bonds is 3. The zero-order chi connectivity index (χ0) is 20.0. The summed E-state index contributed by atoms with van der Waals surface area (Å²) in [5, 5.41) is 10.9. The summed E-state index contributed by atoms with van der Waals surface area (Å²) in [5.74, 6) is 0.135. The number of nitrogens with zero attached hydrogens (tertiary/aromatic N) is 9. The summed E-state index contributed by atoms with van der Waals surface area (Å²) in [6, 6.07) is 5.35. The maximum atomic E-state index is 13.0. The van der Waals surface area contributed by atoms with Crippen molar-refractivity contribution in [3.8, 4) is 0 Å². The molecule has 0 amide bonds. The highest BCUT2D eigenvalue weighted by molar-refractivity contribution is 5.48. The molecule has 0 spiro atoms. The molecular formula is C17H18F3N9. The molecule has 2 aliphatic heterocycles. The lowest BCUT2D eigenvalue weighted by atomic mass is 10.1. The molecule has 9 nitrogen and oxygen atoms in total. The average molecular weight is 405 g/mol. The Labute approximate surface area is 163 Å². The molecule has 0 aliphatic carbocycles. The SMILES string of the molecule is FC(F)(F)c1nnc2ccc(N3CC(N4CCN(c5ncccn5)CC4)C3)nn12. The molecular weight excluding hydrogens is 387 g/mol. The van der Waals surface area contributed by atoms with Crippen LogP contribution in [0, 0.1) is 0 Å². The highest BCUT2D eigenvalue weighted by Gasteiger charge is 2.39. The van der Waals surface area contributed by atoms with Gasteiger partial charge < -0.3 is 9.80 Å². The first kappa shape index (κ1) is 18.0. The van der Waals surface area contributed by atoms with E-state index >= 15 is 0 Å². The van der Waals surface area contributed by atoms with Gasteiger partial charge in [0.05, 0.1) is 0 Å². The van der Waals surface area contributed by atoms with Crippen LogP contribution in [-0.4, -0.2) is 80.0 Å². The fourth-order valence-electron chi connectivity index (χ4n) is 3.74. The molecule has 2 saturated heterocycles. The molecule has 0 saturated carbocycles. The highest BCUT2D eigenvalue weighted by atomic mass is 19.4. The van der Waals surface area contributed by atoms with Gasteiger partial charge in [-0.25, -0.2) is 9.97 Å². The van der Waals surface area contributed by atoms with Crippen LogP contribution in [0.5, 0.6) is 0 Å². The van der Waals surface area contributed by atoms with Gasteiger partial charge in [0.1, 0.15) is 5.82 Å². The van der Waals surface area contributed by atoms with Gasteiger partial charge in [-0.15, -0.1) is 15.3 Å². The first-order valence-electron chi connectivity index (χ1n) is 9.30. The number of hydrogen-bond donors (Lipinski definition) is 0. The number of fused-ring (bicyclic) bond motifs is 1. The summed E-state index contributed by atoms with van der Waals surface area (Å²) in [6.07, 6.45) is -1.12. The van der Waals surface area contributed by atoms with Crippen LogP contribution in [0.2, 0.25) is 0 Å². The van der Waals surface area contributed by atoms with E-state index in [-0.39, 0.29) is 5.65 Å². The Balaban J connectivity index is 1.21. The van der Waals surface area contributed by atoms with Crippen LogP contribution in [0.3, 0.4) is 0 Å². The topological polar surface area (TPSA) is 78.6 Å². The summed E-state index contributed by atoms with van der Waals surface area (Å²) in [4.78, 5) is 15.1. The number of alkyl halides is 3. The Morgan fingerprint density at radius 2 is 1.62 bits per heavy atom. The van der Waals surface area contributed by atoms with Crippen LogP contribution in [0.15, 0.2) is 30.6 Å². The molecule has 3 aromatic heterocycles. The minimum absolute atomic E-state index is 0.0809. The van der Waals surface area contributed by atoms with Gasteiger partial charge >= 0.3 is 6.18 Å². The monoisotopic (exact) mass is 405 g/mol. The van der Waals surface area contributed by atoms with Gasteiger partial charge in [-0.3, -0.25) is 4.90 Å². The smallest absolute Gasteiger partial charge is 0.352 e. The van der Waals surface area contributed by atoms with E-state index in [9.17, 15) is 13.2 Å². The largest absolute Gasteiger partial charge is 0.453 e. The summed E-state index contributed by atoms with van der Waals surface area (Å²) in [7, 11) is 0. The van der Waals surface area contributed by atoms with Gasteiger partial charge in [0, 0.05) is 57.7 Å². The van der Waals surface area contributed by atoms with Crippen molar-refractivity contribution in [2.24, 2.45) is 0 Å². The molecule has 2 fully saturated rings. The maximum absolute atomic E-state index is 13.0. The first-order valence-corrected chi connectivity index (χ1v) is 9.30. The Kier molecular flexibility index (Phi) is 4.23. The summed E-state index contributed by atoms with van der Waals surface area (Å²) in [6.45, 7) is 4.94. The minimum atomic E-state index is -4.59. The minimum Gasteiger partial charge on any atom is -0.352 e. The molecule has 5 heterocycles. The van der Waals surface area contributed by atoms with Crippen molar-refractivity contribution in [3.05, 3.63) is 36.4 Å². The Bertz CT molecular complexity index is 992. The van der Waals surface area contributed by atoms with Gasteiger partial charge in [-0.05, 0) is 18.2 Å². The summed E-state index contributed by atoms with van der Waals surface area (Å²) < 4.78 is 39.9. The molecule has 3 aromatic rings. The quantitative estimate of drug-likeness (QED) is 0.637. The van der Waals surface area contributed by atoms with Crippen LogP contribution in [0.4, 0.5) is 24.9 Å². The second kappa shape index (κ2) is 6.79. The molecule has 0 radical (unpaired) electrons. The van der Waals surface area contributed by atoms with Crippen molar-refractivity contribution in [2.75, 3.05) is 49.1 Å². The normalized spacial score (nSPS) is 19.0. The number of halogens is 3. The third-order valence-corrected chi connectivity index (χ3v) is 5.35. The van der Waals surface area contributed by atoms with E-state index in [0.29, 0.717) is 11.9 Å². The lowest BCUT2D eigenvalue weighted by Gasteiger charge is -2.48. The highest BCUT2D eigenvalue weighted by Crippen LogP contribution is 2.29. The zero-order valence-electron chi connectivity index (χ0n) is 15.4. The fourth-order valence-corrected chi connectivity index (χ4v) is 3.74. The van der Waals surface area contributed by atoms with Crippen LogP contribution < -0.4 is 9.80 Å².